The highest BCUT2D eigenvalue weighted by atomic mass is 16.6. The summed E-state index contributed by atoms with van der Waals surface area (Å²) in [5, 5.41) is 31.6. The van der Waals surface area contributed by atoms with E-state index in [2.05, 4.69) is 14.2 Å². The Morgan fingerprint density at radius 3 is 1.12 bits per heavy atom. The normalized spacial score (nSPS) is 9.66. The first kappa shape index (κ1) is 36.1. The second-order valence-corrected chi connectivity index (χ2v) is 5.51. The minimum atomic E-state index is -0.950. The van der Waals surface area contributed by atoms with E-state index in [1.807, 2.05) is 0 Å². The largest absolute Gasteiger partial charge is 0.481 e. The number of hydrogen-bond acceptors (Lipinski definition) is 12. The zero-order valence-electron chi connectivity index (χ0n) is 18.9. The quantitative estimate of drug-likeness (QED) is 0.249. The van der Waals surface area contributed by atoms with Crippen LogP contribution in [0.25, 0.3) is 0 Å². The van der Waals surface area contributed by atoms with E-state index >= 15 is 0 Å². The van der Waals surface area contributed by atoms with E-state index in [1.54, 1.807) is 0 Å². The predicted octanol–water partition coefficient (Wildman–Crippen LogP) is -0.871. The van der Waals surface area contributed by atoms with Gasteiger partial charge >= 0.3 is 23.9 Å². The fraction of sp³-hybridized carbons (Fsp3) is 0.667. The van der Waals surface area contributed by atoms with Crippen molar-refractivity contribution in [2.24, 2.45) is 0 Å². The number of carboxylic acids is 2. The number of ether oxygens (including phenoxy) is 4. The highest BCUT2D eigenvalue weighted by Crippen LogP contribution is 1.97. The number of rotatable bonds is 8. The molecule has 0 aromatic heterocycles. The molecular weight excluding hydrogens is 440 g/mol. The van der Waals surface area contributed by atoms with E-state index in [4.69, 9.17) is 34.8 Å². The molecule has 14 heteroatoms. The number of aliphatic hydroxyl groups is 2. The molecule has 0 amide bonds. The summed E-state index contributed by atoms with van der Waals surface area (Å²) in [7, 11) is 0. The maximum absolute atomic E-state index is 10.6. The second-order valence-electron chi connectivity index (χ2n) is 5.51. The molecule has 0 fully saturated rings. The Labute approximate surface area is 185 Å². The van der Waals surface area contributed by atoms with Gasteiger partial charge in [-0.05, 0) is 0 Å². The van der Waals surface area contributed by atoms with Crippen molar-refractivity contribution in [2.75, 3.05) is 26.4 Å². The Balaban J connectivity index is -0.000000194. The van der Waals surface area contributed by atoms with Gasteiger partial charge in [0.15, 0.2) is 6.10 Å². The zero-order chi connectivity index (χ0) is 26.3. The number of aliphatic carboxylic acids is 2. The van der Waals surface area contributed by atoms with E-state index in [1.165, 1.54) is 27.7 Å². The Kier molecular flexibility index (Phi) is 27.1. The molecule has 0 aliphatic carbocycles. The summed E-state index contributed by atoms with van der Waals surface area (Å²) in [6, 6.07) is 0. The van der Waals surface area contributed by atoms with Crippen LogP contribution in [0.5, 0.6) is 0 Å². The molecule has 0 bridgehead atoms. The number of carbonyl (C=O) groups is 6. The van der Waals surface area contributed by atoms with Gasteiger partial charge < -0.3 is 39.4 Å². The fourth-order valence-electron chi connectivity index (χ4n) is 1.04. The average Bonchev–Trinajstić information content (AvgIpc) is 2.61. The maximum atomic E-state index is 10.6. The van der Waals surface area contributed by atoms with E-state index < -0.39 is 48.0 Å². The number of carboxylic acid groups (broad SMARTS) is 2. The molecule has 4 N–H and O–H groups in total. The lowest BCUT2D eigenvalue weighted by Crippen LogP contribution is -2.29. The highest BCUT2D eigenvalue weighted by molar-refractivity contribution is 5.68. The molecule has 0 aromatic carbocycles. The molecule has 0 radical (unpaired) electrons. The van der Waals surface area contributed by atoms with Crippen LogP contribution in [-0.4, -0.2) is 94.9 Å². The van der Waals surface area contributed by atoms with Crippen LogP contribution in [0.3, 0.4) is 0 Å². The van der Waals surface area contributed by atoms with Gasteiger partial charge in [0.1, 0.15) is 25.9 Å². The summed E-state index contributed by atoms with van der Waals surface area (Å²) >= 11 is 0. The molecule has 14 nitrogen and oxygen atoms in total. The van der Waals surface area contributed by atoms with Crippen molar-refractivity contribution in [3.63, 3.8) is 0 Å². The molecule has 0 saturated carbocycles. The van der Waals surface area contributed by atoms with Crippen LogP contribution in [0.1, 0.15) is 41.5 Å². The molecule has 1 atom stereocenters. The van der Waals surface area contributed by atoms with Crippen LogP contribution < -0.4 is 0 Å². The van der Waals surface area contributed by atoms with E-state index in [0.29, 0.717) is 0 Å². The molecule has 0 rings (SSSR count). The minimum absolute atomic E-state index is 0.123. The zero-order valence-corrected chi connectivity index (χ0v) is 18.9. The Hall–Kier alpha value is -3.26. The topological polar surface area (TPSA) is 220 Å². The van der Waals surface area contributed by atoms with Gasteiger partial charge in [0.2, 0.25) is 0 Å². The van der Waals surface area contributed by atoms with Gasteiger partial charge in [-0.1, -0.05) is 0 Å². The van der Waals surface area contributed by atoms with Crippen molar-refractivity contribution in [3.05, 3.63) is 0 Å². The first-order valence-corrected chi connectivity index (χ1v) is 8.80. The molecule has 32 heavy (non-hydrogen) atoms. The SMILES string of the molecule is CC(=O)O.CC(=O)O.CC(=O)OCC(COC(C)=O)OC(C)=O.CC(=O)OCC(O)CO. The van der Waals surface area contributed by atoms with Gasteiger partial charge in [-0.3, -0.25) is 28.8 Å². The smallest absolute Gasteiger partial charge is 0.303 e. The van der Waals surface area contributed by atoms with Crippen molar-refractivity contribution in [2.45, 2.75) is 53.8 Å². The monoisotopic (exact) mass is 472 g/mol. The van der Waals surface area contributed by atoms with Crippen LogP contribution in [0.15, 0.2) is 0 Å². The van der Waals surface area contributed by atoms with Gasteiger partial charge in [-0.25, -0.2) is 0 Å². The van der Waals surface area contributed by atoms with Crippen LogP contribution >= 0.6 is 0 Å². The van der Waals surface area contributed by atoms with E-state index in [0.717, 1.165) is 13.8 Å². The van der Waals surface area contributed by atoms with Crippen molar-refractivity contribution < 1.29 is 68.1 Å². The number of esters is 4. The lowest BCUT2D eigenvalue weighted by atomic mass is 10.4. The molecule has 0 aliphatic heterocycles. The number of hydrogen-bond donors (Lipinski definition) is 4. The van der Waals surface area contributed by atoms with Gasteiger partial charge in [0.05, 0.1) is 6.61 Å². The summed E-state index contributed by atoms with van der Waals surface area (Å²) in [6.45, 7) is 6.33. The lowest BCUT2D eigenvalue weighted by Gasteiger charge is -2.15. The molecule has 0 spiro atoms. The standard InChI is InChI=1S/C9H14O6.C5H10O4.2C2H4O2/c1-6(10)13-4-9(15-8(3)12)5-14-7(2)11;1-4(7)9-3-5(8)2-6;2*1-2(3)4/h9H,4-5H2,1-3H3;5-6,8H,2-3H2,1H3;2*1H3,(H,3,4). The molecule has 188 valence electrons. The van der Waals surface area contributed by atoms with Crippen molar-refractivity contribution in [1.82, 2.24) is 0 Å². The van der Waals surface area contributed by atoms with Gasteiger partial charge in [0.25, 0.3) is 11.9 Å². The van der Waals surface area contributed by atoms with Crippen LogP contribution in [0.4, 0.5) is 0 Å². The molecule has 1 unspecified atom stereocenters. The maximum Gasteiger partial charge on any atom is 0.303 e. The fourth-order valence-corrected chi connectivity index (χ4v) is 1.04. The van der Waals surface area contributed by atoms with Gasteiger partial charge in [-0.15, -0.1) is 0 Å². The molecule has 0 saturated heterocycles. The summed E-state index contributed by atoms with van der Waals surface area (Å²) in [5.74, 6) is -3.63. The molecule has 0 aliphatic rings. The minimum Gasteiger partial charge on any atom is -0.481 e. The first-order chi connectivity index (χ1) is 14.5. The van der Waals surface area contributed by atoms with E-state index in [9.17, 15) is 19.2 Å². The third kappa shape index (κ3) is 56.3. The van der Waals surface area contributed by atoms with Crippen LogP contribution in [0.2, 0.25) is 0 Å². The lowest BCUT2D eigenvalue weighted by molar-refractivity contribution is -0.163. The van der Waals surface area contributed by atoms with Crippen molar-refractivity contribution in [3.8, 4) is 0 Å². The highest BCUT2D eigenvalue weighted by Gasteiger charge is 2.15. The Morgan fingerprint density at radius 1 is 0.625 bits per heavy atom. The number of carbonyl (C=O) groups excluding carboxylic acids is 4. The molecule has 0 heterocycles. The Morgan fingerprint density at radius 2 is 0.906 bits per heavy atom. The summed E-state index contributed by atoms with van der Waals surface area (Å²) in [6.07, 6.45) is -1.70. The number of aliphatic hydroxyl groups excluding tert-OH is 2. The van der Waals surface area contributed by atoms with Crippen molar-refractivity contribution in [1.29, 1.82) is 0 Å². The molecular formula is C18H32O14. The predicted molar refractivity (Wildman–Crippen MR) is 105 cm³/mol. The first-order valence-electron chi connectivity index (χ1n) is 8.80. The summed E-state index contributed by atoms with van der Waals surface area (Å²) in [5.41, 5.74) is 0. The second kappa shape index (κ2) is 24.0. The van der Waals surface area contributed by atoms with Crippen LogP contribution in [-0.2, 0) is 47.7 Å². The van der Waals surface area contributed by atoms with Gasteiger partial charge in [0, 0.05) is 41.5 Å². The molecule has 0 aromatic rings. The van der Waals surface area contributed by atoms with Crippen LogP contribution in [0, 0.1) is 0 Å². The Bertz CT molecular complexity index is 534. The summed E-state index contributed by atoms with van der Waals surface area (Å²) in [4.78, 5) is 59.7. The summed E-state index contributed by atoms with van der Waals surface area (Å²) < 4.78 is 18.4. The average molecular weight is 472 g/mol. The van der Waals surface area contributed by atoms with Crippen molar-refractivity contribution >= 4 is 35.8 Å². The van der Waals surface area contributed by atoms with E-state index in [-0.39, 0.29) is 26.4 Å². The third-order valence-corrected chi connectivity index (χ3v) is 1.97. The third-order valence-electron chi connectivity index (χ3n) is 1.97. The van der Waals surface area contributed by atoms with Gasteiger partial charge in [-0.2, -0.15) is 0 Å².